The maximum absolute atomic E-state index is 13.0. The van der Waals surface area contributed by atoms with E-state index in [-0.39, 0.29) is 17.5 Å². The Bertz CT molecular complexity index is 756. The van der Waals surface area contributed by atoms with Gasteiger partial charge in [0.25, 0.3) is 0 Å². The van der Waals surface area contributed by atoms with Crippen LogP contribution in [0.4, 0.5) is 18.9 Å². The second-order valence-corrected chi connectivity index (χ2v) is 9.53. The van der Waals surface area contributed by atoms with E-state index in [4.69, 9.17) is 0 Å². The van der Waals surface area contributed by atoms with Crippen LogP contribution in [0.15, 0.2) is 24.3 Å². The van der Waals surface area contributed by atoms with Gasteiger partial charge in [0.2, 0.25) is 11.8 Å². The summed E-state index contributed by atoms with van der Waals surface area (Å²) in [7, 11) is 0. The summed E-state index contributed by atoms with van der Waals surface area (Å²) in [6.45, 7) is 6.08. The highest BCUT2D eigenvalue weighted by molar-refractivity contribution is 5.97. The Morgan fingerprint density at radius 1 is 1.06 bits per heavy atom. The molecule has 1 fully saturated rings. The van der Waals surface area contributed by atoms with E-state index in [9.17, 15) is 22.8 Å². The van der Waals surface area contributed by atoms with E-state index in [2.05, 4.69) is 24.5 Å². The molecule has 33 heavy (non-hydrogen) atoms. The van der Waals surface area contributed by atoms with Crippen molar-refractivity contribution < 1.29 is 22.8 Å². The highest BCUT2D eigenvalue weighted by Gasteiger charge is 2.31. The number of carbonyl (C=O) groups excluding carboxylic acids is 2. The van der Waals surface area contributed by atoms with E-state index in [1.807, 2.05) is 6.92 Å². The summed E-state index contributed by atoms with van der Waals surface area (Å²) in [6, 6.07) is 3.83. The Morgan fingerprint density at radius 3 is 2.33 bits per heavy atom. The van der Waals surface area contributed by atoms with Crippen molar-refractivity contribution >= 4 is 17.5 Å². The third-order valence-electron chi connectivity index (χ3n) is 6.97. The molecule has 0 saturated heterocycles. The van der Waals surface area contributed by atoms with Gasteiger partial charge in [-0.05, 0) is 49.3 Å². The highest BCUT2D eigenvalue weighted by Crippen LogP contribution is 2.31. The zero-order valence-electron chi connectivity index (χ0n) is 20.1. The lowest BCUT2D eigenvalue weighted by molar-refractivity contribution is -0.137. The number of anilines is 1. The van der Waals surface area contributed by atoms with Crippen molar-refractivity contribution in [1.29, 1.82) is 0 Å². The second-order valence-electron chi connectivity index (χ2n) is 9.53. The van der Waals surface area contributed by atoms with Crippen molar-refractivity contribution in [2.75, 3.05) is 5.32 Å². The molecule has 0 bridgehead atoms. The summed E-state index contributed by atoms with van der Waals surface area (Å²) in [5.74, 6) is 0.114. The van der Waals surface area contributed by atoms with Gasteiger partial charge in [0.15, 0.2) is 0 Å². The fourth-order valence-electron chi connectivity index (χ4n) is 4.69. The summed E-state index contributed by atoms with van der Waals surface area (Å²) in [5, 5.41) is 5.50. The van der Waals surface area contributed by atoms with Gasteiger partial charge in [0.05, 0.1) is 5.56 Å². The first kappa shape index (κ1) is 27.2. The first-order valence-electron chi connectivity index (χ1n) is 12.4. The average molecular weight is 469 g/mol. The summed E-state index contributed by atoms with van der Waals surface area (Å²) in [5.41, 5.74) is -0.737. The van der Waals surface area contributed by atoms with Crippen molar-refractivity contribution in [1.82, 2.24) is 5.32 Å². The van der Waals surface area contributed by atoms with Crippen LogP contribution in [0.3, 0.4) is 0 Å². The summed E-state index contributed by atoms with van der Waals surface area (Å²) in [4.78, 5) is 25.9. The standard InChI is InChI=1S/C26H39F3N2O2/c1-4-19(5-2)16-18(3)24(32)31-23(15-14-20-10-7-6-8-11-20)25(33)30-22-13-9-12-21(17-22)26(27,28)29/h9,12-13,17-20,23H,4-8,10-11,14-16H2,1-3H3,(H,30,33)(H,31,32). The molecule has 2 unspecified atom stereocenters. The lowest BCUT2D eigenvalue weighted by atomic mass is 9.85. The van der Waals surface area contributed by atoms with Crippen molar-refractivity contribution in [3.8, 4) is 0 Å². The monoisotopic (exact) mass is 468 g/mol. The van der Waals surface area contributed by atoms with Gasteiger partial charge in [-0.15, -0.1) is 0 Å². The number of rotatable bonds is 11. The third kappa shape index (κ3) is 9.01. The molecule has 0 radical (unpaired) electrons. The summed E-state index contributed by atoms with van der Waals surface area (Å²) < 4.78 is 39.1. The normalized spacial score (nSPS) is 16.9. The number of nitrogens with one attached hydrogen (secondary N) is 2. The second kappa shape index (κ2) is 13.0. The van der Waals surface area contributed by atoms with Gasteiger partial charge in [-0.1, -0.05) is 71.8 Å². The SMILES string of the molecule is CCC(CC)CC(C)C(=O)NC(CCC1CCCCC1)C(=O)Nc1cccc(C(F)(F)F)c1. The van der Waals surface area contributed by atoms with Crippen LogP contribution in [-0.2, 0) is 15.8 Å². The molecule has 186 valence electrons. The van der Waals surface area contributed by atoms with E-state index < -0.39 is 23.7 Å². The number of hydrogen-bond acceptors (Lipinski definition) is 2. The van der Waals surface area contributed by atoms with Crippen LogP contribution >= 0.6 is 0 Å². The molecule has 2 rings (SSSR count). The Hall–Kier alpha value is -2.05. The molecule has 7 heteroatoms. The fourth-order valence-corrected chi connectivity index (χ4v) is 4.69. The minimum Gasteiger partial charge on any atom is -0.344 e. The minimum atomic E-state index is -4.49. The Balaban J connectivity index is 2.08. The maximum Gasteiger partial charge on any atom is 0.416 e. The molecule has 1 aliphatic rings. The molecule has 1 saturated carbocycles. The molecular weight excluding hydrogens is 429 g/mol. The van der Waals surface area contributed by atoms with Crippen molar-refractivity contribution in [2.45, 2.75) is 97.2 Å². The largest absolute Gasteiger partial charge is 0.416 e. The maximum atomic E-state index is 13.0. The molecule has 1 aliphatic carbocycles. The van der Waals surface area contributed by atoms with E-state index in [0.717, 1.165) is 50.7 Å². The van der Waals surface area contributed by atoms with E-state index in [1.54, 1.807) is 0 Å². The van der Waals surface area contributed by atoms with Gasteiger partial charge in [-0.25, -0.2) is 0 Å². The molecule has 4 nitrogen and oxygen atoms in total. The molecule has 1 aromatic rings. The number of carbonyl (C=O) groups is 2. The molecule has 1 aromatic carbocycles. The lowest BCUT2D eigenvalue weighted by Gasteiger charge is -2.26. The van der Waals surface area contributed by atoms with Gasteiger partial charge in [-0.3, -0.25) is 9.59 Å². The van der Waals surface area contributed by atoms with Crippen LogP contribution < -0.4 is 10.6 Å². The minimum absolute atomic E-state index is 0.0804. The number of halogens is 3. The molecule has 0 aromatic heterocycles. The van der Waals surface area contributed by atoms with E-state index >= 15 is 0 Å². The smallest absolute Gasteiger partial charge is 0.344 e. The number of benzene rings is 1. The molecule has 2 N–H and O–H groups in total. The Labute approximate surface area is 196 Å². The first-order chi connectivity index (χ1) is 15.6. The lowest BCUT2D eigenvalue weighted by Crippen LogP contribution is -2.46. The van der Waals surface area contributed by atoms with E-state index in [0.29, 0.717) is 18.3 Å². The van der Waals surface area contributed by atoms with Crippen LogP contribution in [0.1, 0.15) is 90.5 Å². The Kier molecular flexibility index (Phi) is 10.7. The van der Waals surface area contributed by atoms with Crippen LogP contribution in [0.25, 0.3) is 0 Å². The van der Waals surface area contributed by atoms with E-state index in [1.165, 1.54) is 31.4 Å². The zero-order valence-corrected chi connectivity index (χ0v) is 20.1. The van der Waals surface area contributed by atoms with Crippen molar-refractivity contribution in [2.24, 2.45) is 17.8 Å². The predicted octanol–water partition coefficient (Wildman–Crippen LogP) is 6.95. The van der Waals surface area contributed by atoms with Gasteiger partial charge >= 0.3 is 6.18 Å². The van der Waals surface area contributed by atoms with Gasteiger partial charge in [0, 0.05) is 11.6 Å². The molecule has 0 spiro atoms. The molecule has 2 atom stereocenters. The van der Waals surface area contributed by atoms with Gasteiger partial charge < -0.3 is 10.6 Å². The van der Waals surface area contributed by atoms with Crippen LogP contribution in [0, 0.1) is 17.8 Å². The van der Waals surface area contributed by atoms with Gasteiger partial charge in [-0.2, -0.15) is 13.2 Å². The van der Waals surface area contributed by atoms with Crippen molar-refractivity contribution in [3.05, 3.63) is 29.8 Å². The van der Waals surface area contributed by atoms with Gasteiger partial charge in [0.1, 0.15) is 6.04 Å². The quantitative estimate of drug-likeness (QED) is 0.369. The molecule has 0 heterocycles. The topological polar surface area (TPSA) is 58.2 Å². The number of hydrogen-bond donors (Lipinski definition) is 2. The molecular formula is C26H39F3N2O2. The van der Waals surface area contributed by atoms with Crippen LogP contribution in [0.2, 0.25) is 0 Å². The third-order valence-corrected chi connectivity index (χ3v) is 6.97. The molecule has 0 aliphatic heterocycles. The Morgan fingerprint density at radius 2 is 1.73 bits per heavy atom. The molecule has 2 amide bonds. The number of amides is 2. The fraction of sp³-hybridized carbons (Fsp3) is 0.692. The predicted molar refractivity (Wildman–Crippen MR) is 126 cm³/mol. The average Bonchev–Trinajstić information content (AvgIpc) is 2.80. The summed E-state index contributed by atoms with van der Waals surface area (Å²) >= 11 is 0. The van der Waals surface area contributed by atoms with Crippen molar-refractivity contribution in [3.63, 3.8) is 0 Å². The van der Waals surface area contributed by atoms with Crippen LogP contribution in [0.5, 0.6) is 0 Å². The number of alkyl halides is 3. The van der Waals surface area contributed by atoms with Crippen LogP contribution in [-0.4, -0.2) is 17.9 Å². The first-order valence-corrected chi connectivity index (χ1v) is 12.4. The summed E-state index contributed by atoms with van der Waals surface area (Å²) in [6.07, 6.45) is 5.42. The zero-order chi connectivity index (χ0) is 24.4. The highest BCUT2D eigenvalue weighted by atomic mass is 19.4.